The number of benzene rings is 4. The number of hydrazone groups is 1. The molecule has 0 radical (unpaired) electrons. The average molecular weight is 581 g/mol. The van der Waals surface area contributed by atoms with Crippen LogP contribution in [-0.2, 0) is 4.79 Å². The topological polar surface area (TPSA) is 169 Å². The van der Waals surface area contributed by atoms with Crippen molar-refractivity contribution in [3.63, 3.8) is 0 Å². The second-order valence-electron chi connectivity index (χ2n) is 8.74. The lowest BCUT2D eigenvalue weighted by atomic mass is 10.1. The number of hydrogen-bond acceptors (Lipinski definition) is 9. The number of amides is 2. The van der Waals surface area contributed by atoms with E-state index >= 15 is 0 Å². The van der Waals surface area contributed by atoms with Gasteiger partial charge in [-0.3, -0.25) is 19.7 Å². The number of para-hydroxylation sites is 1. The number of nitrogens with zero attached hydrogens (tertiary/aromatic N) is 2. The number of carbonyl (C=O) groups is 3. The molecule has 3 N–H and O–H groups in total. The van der Waals surface area contributed by atoms with Crippen molar-refractivity contribution in [1.29, 1.82) is 0 Å². The van der Waals surface area contributed by atoms with Gasteiger partial charge in [-0.05, 0) is 60.2 Å². The van der Waals surface area contributed by atoms with Crippen LogP contribution < -0.4 is 20.2 Å². The molecule has 0 unspecified atom stereocenters. The van der Waals surface area contributed by atoms with Crippen molar-refractivity contribution in [1.82, 2.24) is 10.7 Å². The van der Waals surface area contributed by atoms with Gasteiger partial charge in [0.15, 0.2) is 11.5 Å². The molecule has 4 rings (SSSR count). The van der Waals surface area contributed by atoms with E-state index in [4.69, 9.17) is 9.47 Å². The van der Waals surface area contributed by atoms with E-state index in [2.05, 4.69) is 15.8 Å². The Balaban J connectivity index is 1.47. The molecule has 0 fully saturated rings. The van der Waals surface area contributed by atoms with E-state index in [1.165, 1.54) is 61.9 Å². The van der Waals surface area contributed by atoms with Crippen LogP contribution in [0.3, 0.4) is 0 Å². The molecular weight excluding hydrogens is 556 g/mol. The van der Waals surface area contributed by atoms with Crippen LogP contribution in [0.2, 0.25) is 0 Å². The van der Waals surface area contributed by atoms with E-state index in [0.29, 0.717) is 16.7 Å². The normalized spacial score (nSPS) is 11.0. The molecule has 2 amide bonds. The molecule has 0 bridgehead atoms. The summed E-state index contributed by atoms with van der Waals surface area (Å²) < 4.78 is 10.7. The molecule has 4 aromatic rings. The van der Waals surface area contributed by atoms with Gasteiger partial charge in [-0.15, -0.1) is 0 Å². The first kappa shape index (κ1) is 29.7. The molecule has 216 valence electrons. The molecule has 12 nitrogen and oxygen atoms in total. The predicted octanol–water partition coefficient (Wildman–Crippen LogP) is 4.45. The van der Waals surface area contributed by atoms with Crippen molar-refractivity contribution in [3.8, 4) is 17.2 Å². The third kappa shape index (κ3) is 7.89. The van der Waals surface area contributed by atoms with Crippen LogP contribution in [0, 0.1) is 10.1 Å². The summed E-state index contributed by atoms with van der Waals surface area (Å²) in [5.74, 6) is -1.87. The van der Waals surface area contributed by atoms with Gasteiger partial charge in [0.1, 0.15) is 11.4 Å². The number of nitro benzene ring substituents is 1. The van der Waals surface area contributed by atoms with E-state index in [9.17, 15) is 29.6 Å². The van der Waals surface area contributed by atoms with Crippen LogP contribution in [0.5, 0.6) is 17.2 Å². The first-order valence-electron chi connectivity index (χ1n) is 12.6. The van der Waals surface area contributed by atoms with Gasteiger partial charge in [-0.2, -0.15) is 5.10 Å². The van der Waals surface area contributed by atoms with Crippen LogP contribution in [0.15, 0.2) is 108 Å². The average Bonchev–Trinajstić information content (AvgIpc) is 3.02. The van der Waals surface area contributed by atoms with Gasteiger partial charge in [0.25, 0.3) is 17.5 Å². The Bertz CT molecular complexity index is 1720. The molecule has 0 aromatic heterocycles. The van der Waals surface area contributed by atoms with Crippen molar-refractivity contribution in [3.05, 3.63) is 135 Å². The zero-order chi connectivity index (χ0) is 30.8. The number of phenolic OH excluding ortho intramolecular Hbond substituents is 1. The fourth-order valence-corrected chi connectivity index (χ4v) is 3.66. The number of hydrogen-bond donors (Lipinski definition) is 3. The van der Waals surface area contributed by atoms with Gasteiger partial charge in [-0.1, -0.05) is 36.4 Å². The molecule has 0 aliphatic rings. The second-order valence-corrected chi connectivity index (χ2v) is 8.74. The van der Waals surface area contributed by atoms with Crippen molar-refractivity contribution in [2.75, 3.05) is 7.11 Å². The molecule has 0 atom stereocenters. The van der Waals surface area contributed by atoms with E-state index in [0.717, 1.165) is 0 Å². The maximum atomic E-state index is 13.0. The minimum atomic E-state index is -0.760. The highest BCUT2D eigenvalue weighted by molar-refractivity contribution is 6.05. The second kappa shape index (κ2) is 13.9. The van der Waals surface area contributed by atoms with Gasteiger partial charge < -0.3 is 19.9 Å². The summed E-state index contributed by atoms with van der Waals surface area (Å²) in [6.07, 6.45) is 2.62. The summed E-state index contributed by atoms with van der Waals surface area (Å²) in [6, 6.07) is 24.0. The maximum absolute atomic E-state index is 13.0. The van der Waals surface area contributed by atoms with Gasteiger partial charge in [0.2, 0.25) is 0 Å². The number of rotatable bonds is 10. The molecule has 12 heteroatoms. The number of nitro groups is 1. The van der Waals surface area contributed by atoms with E-state index in [-0.39, 0.29) is 34.2 Å². The fraction of sp³-hybridized carbons (Fsp3) is 0.0323. The summed E-state index contributed by atoms with van der Waals surface area (Å²) in [4.78, 5) is 48.5. The van der Waals surface area contributed by atoms with Crippen LogP contribution in [-0.4, -0.2) is 41.1 Å². The van der Waals surface area contributed by atoms with Crippen LogP contribution in [0.1, 0.15) is 31.8 Å². The Hall–Kier alpha value is -6.30. The molecule has 0 heterocycles. The minimum absolute atomic E-state index is 0.0866. The molecule has 0 saturated heterocycles. The molecule has 0 aliphatic carbocycles. The Morgan fingerprint density at radius 1 is 0.884 bits per heavy atom. The number of carbonyl (C=O) groups excluding carboxylic acids is 3. The van der Waals surface area contributed by atoms with E-state index < -0.39 is 22.7 Å². The number of ether oxygens (including phenoxy) is 2. The summed E-state index contributed by atoms with van der Waals surface area (Å²) in [5, 5.41) is 27.5. The Kier molecular flexibility index (Phi) is 9.56. The third-order valence-corrected chi connectivity index (χ3v) is 5.85. The summed E-state index contributed by atoms with van der Waals surface area (Å²) in [7, 11) is 1.37. The molecule has 43 heavy (non-hydrogen) atoms. The molecule has 4 aromatic carbocycles. The summed E-state index contributed by atoms with van der Waals surface area (Å²) >= 11 is 0. The van der Waals surface area contributed by atoms with Gasteiger partial charge in [0.05, 0.1) is 23.8 Å². The highest BCUT2D eigenvalue weighted by Crippen LogP contribution is 2.28. The highest BCUT2D eigenvalue weighted by Gasteiger charge is 2.16. The molecule has 0 saturated carbocycles. The third-order valence-electron chi connectivity index (χ3n) is 5.85. The lowest BCUT2D eigenvalue weighted by molar-refractivity contribution is -0.384. The van der Waals surface area contributed by atoms with Gasteiger partial charge in [0, 0.05) is 23.3 Å². The Morgan fingerprint density at radius 2 is 1.58 bits per heavy atom. The monoisotopic (exact) mass is 580 g/mol. The largest absolute Gasteiger partial charge is 0.507 e. The number of aromatic hydroxyl groups is 1. The van der Waals surface area contributed by atoms with Crippen molar-refractivity contribution >= 4 is 35.8 Å². The lowest BCUT2D eigenvalue weighted by Crippen LogP contribution is -2.32. The van der Waals surface area contributed by atoms with E-state index in [1.54, 1.807) is 54.6 Å². The predicted molar refractivity (Wildman–Crippen MR) is 157 cm³/mol. The molecule has 0 aliphatic heterocycles. The van der Waals surface area contributed by atoms with Crippen LogP contribution in [0.25, 0.3) is 6.08 Å². The SMILES string of the molecule is COc1cc(/C=N/NC(=O)/C(=C/c2ccccc2O)NC(=O)c2ccccc2)ccc1OC(=O)c1ccc([N+](=O)[O-])cc1. The van der Waals surface area contributed by atoms with Crippen LogP contribution >= 0.6 is 0 Å². The summed E-state index contributed by atoms with van der Waals surface area (Å²) in [6.45, 7) is 0. The zero-order valence-electron chi connectivity index (χ0n) is 22.6. The Morgan fingerprint density at radius 3 is 2.26 bits per heavy atom. The number of esters is 1. The first-order chi connectivity index (χ1) is 20.7. The summed E-state index contributed by atoms with van der Waals surface area (Å²) in [5.41, 5.74) is 3.20. The molecule has 0 spiro atoms. The lowest BCUT2D eigenvalue weighted by Gasteiger charge is -2.10. The minimum Gasteiger partial charge on any atom is -0.507 e. The van der Waals surface area contributed by atoms with Crippen molar-refractivity contribution in [2.45, 2.75) is 0 Å². The smallest absolute Gasteiger partial charge is 0.343 e. The zero-order valence-corrected chi connectivity index (χ0v) is 22.6. The number of phenols is 1. The fourth-order valence-electron chi connectivity index (χ4n) is 3.66. The van der Waals surface area contributed by atoms with E-state index in [1.807, 2.05) is 0 Å². The van der Waals surface area contributed by atoms with Crippen LogP contribution in [0.4, 0.5) is 5.69 Å². The first-order valence-corrected chi connectivity index (χ1v) is 12.6. The number of non-ortho nitro benzene ring substituents is 1. The maximum Gasteiger partial charge on any atom is 0.343 e. The highest BCUT2D eigenvalue weighted by atomic mass is 16.6. The quantitative estimate of drug-likeness (QED) is 0.0617. The number of methoxy groups -OCH3 is 1. The van der Waals surface area contributed by atoms with Gasteiger partial charge in [-0.25, -0.2) is 10.2 Å². The number of nitrogens with one attached hydrogen (secondary N) is 2. The standard InChI is InChI=1S/C31H24N4O8/c1-42-28-17-20(11-16-27(28)43-31(39)22-12-14-24(15-13-22)35(40)41)19-32-34-30(38)25(18-23-9-5-6-10-26(23)36)33-29(37)21-7-3-2-4-8-21/h2-19,36H,1H3,(H,33,37)(H,34,38)/b25-18-,32-19+. The van der Waals surface area contributed by atoms with Crippen molar-refractivity contribution in [2.24, 2.45) is 5.10 Å². The van der Waals surface area contributed by atoms with Crippen molar-refractivity contribution < 1.29 is 33.9 Å². The Labute approximate surface area is 245 Å². The molecular formula is C31H24N4O8. The van der Waals surface area contributed by atoms with Gasteiger partial charge >= 0.3 is 5.97 Å².